The van der Waals surface area contributed by atoms with E-state index in [9.17, 15) is 13.2 Å². The summed E-state index contributed by atoms with van der Waals surface area (Å²) < 4.78 is 34.0. The Hall–Kier alpha value is -2.18. The van der Waals surface area contributed by atoms with Gasteiger partial charge in [0, 0.05) is 6.04 Å². The first-order valence-electron chi connectivity index (χ1n) is 8.78. The van der Waals surface area contributed by atoms with E-state index in [-0.39, 0.29) is 17.5 Å². The van der Waals surface area contributed by atoms with Gasteiger partial charge in [0.25, 0.3) is 0 Å². The van der Waals surface area contributed by atoms with Crippen molar-refractivity contribution in [2.75, 3.05) is 6.61 Å². The van der Waals surface area contributed by atoms with Crippen LogP contribution < -0.4 is 9.46 Å². The van der Waals surface area contributed by atoms with Crippen molar-refractivity contribution in [3.05, 3.63) is 59.2 Å². The molecule has 1 unspecified atom stereocenters. The van der Waals surface area contributed by atoms with E-state index >= 15 is 0 Å². The van der Waals surface area contributed by atoms with Gasteiger partial charge in [-0.25, -0.2) is 13.1 Å². The predicted molar refractivity (Wildman–Crippen MR) is 99.8 cm³/mol. The first-order chi connectivity index (χ1) is 12.5. The van der Waals surface area contributed by atoms with E-state index in [2.05, 4.69) is 4.72 Å². The third-order valence-corrected chi connectivity index (χ3v) is 6.14. The molecular weight excluding hydrogens is 350 g/mol. The average molecular weight is 373 g/mol. The second kappa shape index (κ2) is 8.01. The normalized spacial score (nSPS) is 17.2. The van der Waals surface area contributed by atoms with Gasteiger partial charge in [-0.1, -0.05) is 36.2 Å². The molecule has 1 aliphatic carbocycles. The highest BCUT2D eigenvalue weighted by Gasteiger charge is 2.26. The average Bonchev–Trinajstić information content (AvgIpc) is 2.83. The zero-order valence-electron chi connectivity index (χ0n) is 14.8. The van der Waals surface area contributed by atoms with Gasteiger partial charge < -0.3 is 4.74 Å². The summed E-state index contributed by atoms with van der Waals surface area (Å²) in [6, 6.07) is 12.1. The molecule has 1 atom stereocenters. The molecule has 0 saturated heterocycles. The summed E-state index contributed by atoms with van der Waals surface area (Å²) in [6.07, 6.45) is 4.14. The van der Waals surface area contributed by atoms with Crippen molar-refractivity contribution in [1.82, 2.24) is 4.72 Å². The van der Waals surface area contributed by atoms with E-state index in [1.807, 2.05) is 25.1 Å². The molecule has 0 spiro atoms. The number of aryl methyl sites for hydroxylation is 1. The Kier molecular flexibility index (Phi) is 5.74. The lowest BCUT2D eigenvalue weighted by Gasteiger charge is -2.21. The number of carbonyl (C=O) groups is 1. The maximum absolute atomic E-state index is 12.8. The van der Waals surface area contributed by atoms with Gasteiger partial charge in [0.2, 0.25) is 10.0 Å². The quantitative estimate of drug-likeness (QED) is 0.623. The van der Waals surface area contributed by atoms with Gasteiger partial charge in [-0.05, 0) is 55.5 Å². The van der Waals surface area contributed by atoms with E-state index < -0.39 is 10.0 Å². The second-order valence-corrected chi connectivity index (χ2v) is 8.25. The fourth-order valence-corrected chi connectivity index (χ4v) is 4.59. The Balaban J connectivity index is 1.92. The molecule has 0 aromatic heterocycles. The van der Waals surface area contributed by atoms with Crippen LogP contribution in [0.25, 0.3) is 0 Å². The van der Waals surface area contributed by atoms with Gasteiger partial charge in [-0.3, -0.25) is 4.79 Å². The summed E-state index contributed by atoms with van der Waals surface area (Å²) >= 11 is 0. The van der Waals surface area contributed by atoms with Gasteiger partial charge in [0.15, 0.2) is 6.29 Å². The van der Waals surface area contributed by atoms with Gasteiger partial charge in [-0.15, -0.1) is 0 Å². The Morgan fingerprint density at radius 3 is 2.65 bits per heavy atom. The van der Waals surface area contributed by atoms with Crippen molar-refractivity contribution >= 4 is 16.3 Å². The minimum atomic E-state index is -3.61. The number of hydrogen-bond donors (Lipinski definition) is 1. The smallest absolute Gasteiger partial charge is 0.241 e. The van der Waals surface area contributed by atoms with Crippen molar-refractivity contribution in [1.29, 1.82) is 0 Å². The Labute approximate surface area is 154 Å². The zero-order chi connectivity index (χ0) is 18.6. The summed E-state index contributed by atoms with van der Waals surface area (Å²) in [6.45, 7) is 1.92. The van der Waals surface area contributed by atoms with E-state index in [1.165, 1.54) is 0 Å². The predicted octanol–water partition coefficient (Wildman–Crippen LogP) is 3.32. The van der Waals surface area contributed by atoms with Crippen LogP contribution in [0.15, 0.2) is 47.4 Å². The van der Waals surface area contributed by atoms with Crippen molar-refractivity contribution in [3.8, 4) is 5.75 Å². The fraction of sp³-hybridized carbons (Fsp3) is 0.350. The lowest BCUT2D eigenvalue weighted by Crippen LogP contribution is -2.29. The lowest BCUT2D eigenvalue weighted by molar-refractivity contribution is -0.109. The highest BCUT2D eigenvalue weighted by atomic mass is 32.2. The van der Waals surface area contributed by atoms with Crippen molar-refractivity contribution in [3.63, 3.8) is 0 Å². The molecule has 5 nitrogen and oxygen atoms in total. The van der Waals surface area contributed by atoms with Crippen molar-refractivity contribution < 1.29 is 17.9 Å². The molecular formula is C20H23NO4S. The standard InChI is InChI=1S/C20H23NO4S/c1-15-9-11-16(12-10-15)26(23,24)21-19-7-3-2-5-18-17(19)6-4-8-20(18)25-14-13-22/h4,6,8-13,19,21H,2-3,5,7,14H2,1H3. The molecule has 0 fully saturated rings. The summed E-state index contributed by atoms with van der Waals surface area (Å²) in [4.78, 5) is 10.9. The largest absolute Gasteiger partial charge is 0.486 e. The highest BCUT2D eigenvalue weighted by Crippen LogP contribution is 2.35. The SMILES string of the molecule is Cc1ccc(S(=O)(=O)NC2CCCCc3c(OCC=O)cccc32)cc1. The van der Waals surface area contributed by atoms with E-state index in [0.717, 1.165) is 42.4 Å². The van der Waals surface area contributed by atoms with Crippen LogP contribution in [0.2, 0.25) is 0 Å². The number of nitrogens with one attached hydrogen (secondary N) is 1. The highest BCUT2D eigenvalue weighted by molar-refractivity contribution is 7.89. The second-order valence-electron chi connectivity index (χ2n) is 6.53. The van der Waals surface area contributed by atoms with E-state index in [4.69, 9.17) is 4.74 Å². The molecule has 0 heterocycles. The molecule has 6 heteroatoms. The number of ether oxygens (including phenoxy) is 1. The molecule has 0 bridgehead atoms. The molecule has 0 radical (unpaired) electrons. The Morgan fingerprint density at radius 2 is 1.92 bits per heavy atom. The zero-order valence-corrected chi connectivity index (χ0v) is 15.6. The molecule has 1 aliphatic rings. The summed E-state index contributed by atoms with van der Waals surface area (Å²) in [5.74, 6) is 0.663. The van der Waals surface area contributed by atoms with E-state index in [0.29, 0.717) is 12.0 Å². The molecule has 26 heavy (non-hydrogen) atoms. The summed E-state index contributed by atoms with van der Waals surface area (Å²) in [7, 11) is -3.61. The number of sulfonamides is 1. The van der Waals surface area contributed by atoms with Crippen LogP contribution in [0.1, 0.15) is 42.0 Å². The topological polar surface area (TPSA) is 72.5 Å². The minimum absolute atomic E-state index is 0.00376. The summed E-state index contributed by atoms with van der Waals surface area (Å²) in [5.41, 5.74) is 2.94. The maximum Gasteiger partial charge on any atom is 0.241 e. The molecule has 1 N–H and O–H groups in total. The molecule has 2 aromatic carbocycles. The first kappa shape index (κ1) is 18.6. The molecule has 138 valence electrons. The molecule has 0 aliphatic heterocycles. The van der Waals surface area contributed by atoms with Crippen molar-refractivity contribution in [2.24, 2.45) is 0 Å². The Bertz CT molecular complexity index is 875. The van der Waals surface area contributed by atoms with Gasteiger partial charge >= 0.3 is 0 Å². The number of benzene rings is 2. The molecule has 3 rings (SSSR count). The van der Waals surface area contributed by atoms with Crippen LogP contribution in [0.5, 0.6) is 5.75 Å². The number of fused-ring (bicyclic) bond motifs is 1. The van der Waals surface area contributed by atoms with Crippen LogP contribution in [-0.2, 0) is 21.2 Å². The van der Waals surface area contributed by atoms with Crippen LogP contribution in [-0.4, -0.2) is 21.3 Å². The molecule has 0 saturated carbocycles. The molecule has 0 amide bonds. The number of aldehydes is 1. The van der Waals surface area contributed by atoms with Gasteiger partial charge in [0.1, 0.15) is 12.4 Å². The maximum atomic E-state index is 12.8. The monoisotopic (exact) mass is 373 g/mol. The minimum Gasteiger partial charge on any atom is -0.486 e. The number of hydrogen-bond acceptors (Lipinski definition) is 4. The third-order valence-electron chi connectivity index (χ3n) is 4.65. The third kappa shape index (κ3) is 4.14. The fourth-order valence-electron chi connectivity index (χ4n) is 3.34. The van der Waals surface area contributed by atoms with Crippen LogP contribution in [0.3, 0.4) is 0 Å². The van der Waals surface area contributed by atoms with Crippen LogP contribution >= 0.6 is 0 Å². The number of carbonyl (C=O) groups excluding carboxylic acids is 1. The Morgan fingerprint density at radius 1 is 1.15 bits per heavy atom. The van der Waals surface area contributed by atoms with Gasteiger partial charge in [-0.2, -0.15) is 0 Å². The van der Waals surface area contributed by atoms with Crippen molar-refractivity contribution in [2.45, 2.75) is 43.5 Å². The lowest BCUT2D eigenvalue weighted by atomic mass is 9.99. The van der Waals surface area contributed by atoms with E-state index in [1.54, 1.807) is 24.3 Å². The van der Waals surface area contributed by atoms with Crippen LogP contribution in [0.4, 0.5) is 0 Å². The first-order valence-corrected chi connectivity index (χ1v) is 10.3. The summed E-state index contributed by atoms with van der Waals surface area (Å²) in [5, 5.41) is 0. The molecule has 2 aromatic rings. The van der Waals surface area contributed by atoms with Crippen LogP contribution in [0, 0.1) is 6.92 Å². The van der Waals surface area contributed by atoms with Gasteiger partial charge in [0.05, 0.1) is 4.90 Å². The number of rotatable bonds is 6.